The van der Waals surface area contributed by atoms with Gasteiger partial charge in [0.1, 0.15) is 0 Å². The van der Waals surface area contributed by atoms with Crippen molar-refractivity contribution in [3.05, 3.63) is 0 Å². The molecule has 2 unspecified atom stereocenters. The van der Waals surface area contributed by atoms with Crippen molar-refractivity contribution < 1.29 is 4.74 Å². The van der Waals surface area contributed by atoms with Gasteiger partial charge in [-0.3, -0.25) is 0 Å². The summed E-state index contributed by atoms with van der Waals surface area (Å²) in [6, 6.07) is 0.682. The molecule has 1 aliphatic heterocycles. The van der Waals surface area contributed by atoms with E-state index in [2.05, 4.69) is 26.1 Å². The molecule has 15 heavy (non-hydrogen) atoms. The first-order chi connectivity index (χ1) is 7.10. The molecular weight excluding hydrogens is 186 g/mol. The Balaban J connectivity index is 1.91. The SMILES string of the molecule is CCCNC1CCOC(C)(C2(C)CC2)C1. The maximum atomic E-state index is 6.06. The first-order valence-corrected chi connectivity index (χ1v) is 6.47. The quantitative estimate of drug-likeness (QED) is 0.772. The summed E-state index contributed by atoms with van der Waals surface area (Å²) in [6.45, 7) is 9.02. The van der Waals surface area contributed by atoms with Crippen LogP contribution in [-0.2, 0) is 4.74 Å². The predicted octanol–water partition coefficient (Wildman–Crippen LogP) is 2.72. The highest BCUT2D eigenvalue weighted by molar-refractivity contribution is 5.06. The predicted molar refractivity (Wildman–Crippen MR) is 63.0 cm³/mol. The molecule has 2 heteroatoms. The van der Waals surface area contributed by atoms with E-state index in [1.807, 2.05) is 0 Å². The Kier molecular flexibility index (Phi) is 3.09. The third kappa shape index (κ3) is 2.21. The molecule has 0 spiro atoms. The Bertz CT molecular complexity index is 225. The van der Waals surface area contributed by atoms with Crippen molar-refractivity contribution in [2.24, 2.45) is 5.41 Å². The van der Waals surface area contributed by atoms with E-state index in [-0.39, 0.29) is 5.60 Å². The molecular formula is C13H25NO. The van der Waals surface area contributed by atoms with Crippen LogP contribution in [0.4, 0.5) is 0 Å². The van der Waals surface area contributed by atoms with Crippen molar-refractivity contribution in [1.82, 2.24) is 5.32 Å². The van der Waals surface area contributed by atoms with Gasteiger partial charge in [0.15, 0.2) is 0 Å². The lowest BCUT2D eigenvalue weighted by molar-refractivity contribution is -0.118. The van der Waals surface area contributed by atoms with Gasteiger partial charge in [-0.15, -0.1) is 0 Å². The van der Waals surface area contributed by atoms with Gasteiger partial charge in [0.05, 0.1) is 5.60 Å². The van der Waals surface area contributed by atoms with Crippen molar-refractivity contribution in [3.8, 4) is 0 Å². The van der Waals surface area contributed by atoms with Gasteiger partial charge in [-0.1, -0.05) is 13.8 Å². The number of hydrogen-bond donors (Lipinski definition) is 1. The van der Waals surface area contributed by atoms with Gasteiger partial charge in [-0.05, 0) is 51.0 Å². The van der Waals surface area contributed by atoms with Crippen molar-refractivity contribution in [3.63, 3.8) is 0 Å². The number of ether oxygens (including phenoxy) is 1. The highest BCUT2D eigenvalue weighted by Crippen LogP contribution is 2.57. The normalized spacial score (nSPS) is 39.0. The van der Waals surface area contributed by atoms with E-state index in [0.29, 0.717) is 11.5 Å². The van der Waals surface area contributed by atoms with Gasteiger partial charge in [-0.25, -0.2) is 0 Å². The molecule has 2 fully saturated rings. The Labute approximate surface area is 93.8 Å². The second kappa shape index (κ2) is 4.06. The lowest BCUT2D eigenvalue weighted by Crippen LogP contribution is -2.49. The molecule has 0 aromatic carbocycles. The molecule has 1 N–H and O–H groups in total. The number of rotatable bonds is 4. The van der Waals surface area contributed by atoms with Crippen molar-refractivity contribution in [1.29, 1.82) is 0 Å². The van der Waals surface area contributed by atoms with E-state index in [4.69, 9.17) is 4.74 Å². The minimum Gasteiger partial charge on any atom is -0.375 e. The summed E-state index contributed by atoms with van der Waals surface area (Å²) in [5, 5.41) is 3.65. The van der Waals surface area contributed by atoms with Crippen LogP contribution in [0.25, 0.3) is 0 Å². The molecule has 0 aromatic rings. The molecule has 2 rings (SSSR count). The summed E-state index contributed by atoms with van der Waals surface area (Å²) >= 11 is 0. The lowest BCUT2D eigenvalue weighted by atomic mass is 9.79. The zero-order valence-electron chi connectivity index (χ0n) is 10.4. The second-order valence-corrected chi connectivity index (χ2v) is 5.78. The summed E-state index contributed by atoms with van der Waals surface area (Å²) in [4.78, 5) is 0. The molecule has 2 nitrogen and oxygen atoms in total. The summed E-state index contributed by atoms with van der Waals surface area (Å²) in [7, 11) is 0. The Hall–Kier alpha value is -0.0800. The van der Waals surface area contributed by atoms with Crippen molar-refractivity contribution >= 4 is 0 Å². The van der Waals surface area contributed by atoms with E-state index in [0.717, 1.165) is 13.2 Å². The Morgan fingerprint density at radius 3 is 2.67 bits per heavy atom. The summed E-state index contributed by atoms with van der Waals surface area (Å²) in [5.74, 6) is 0. The highest BCUT2D eigenvalue weighted by Gasteiger charge is 2.55. The van der Waals surface area contributed by atoms with Crippen LogP contribution in [0, 0.1) is 5.41 Å². The molecule has 1 aliphatic carbocycles. The number of hydrogen-bond acceptors (Lipinski definition) is 2. The van der Waals surface area contributed by atoms with Crippen LogP contribution in [0.2, 0.25) is 0 Å². The summed E-state index contributed by atoms with van der Waals surface area (Å²) in [5.41, 5.74) is 0.607. The molecule has 0 radical (unpaired) electrons. The van der Waals surface area contributed by atoms with Gasteiger partial charge in [0.25, 0.3) is 0 Å². The molecule has 1 saturated heterocycles. The molecule has 88 valence electrons. The first kappa shape index (κ1) is 11.4. The monoisotopic (exact) mass is 211 g/mol. The average Bonchev–Trinajstić information content (AvgIpc) is 2.95. The maximum Gasteiger partial charge on any atom is 0.0722 e. The summed E-state index contributed by atoms with van der Waals surface area (Å²) in [6.07, 6.45) is 6.31. The fourth-order valence-electron chi connectivity index (χ4n) is 2.72. The highest BCUT2D eigenvalue weighted by atomic mass is 16.5. The zero-order valence-corrected chi connectivity index (χ0v) is 10.4. The van der Waals surface area contributed by atoms with Gasteiger partial charge in [0.2, 0.25) is 0 Å². The number of nitrogens with one attached hydrogen (secondary N) is 1. The third-order valence-electron chi connectivity index (χ3n) is 4.48. The fraction of sp³-hybridized carbons (Fsp3) is 1.00. The third-order valence-corrected chi connectivity index (χ3v) is 4.48. The van der Waals surface area contributed by atoms with E-state index >= 15 is 0 Å². The molecule has 1 saturated carbocycles. The van der Waals surface area contributed by atoms with E-state index in [9.17, 15) is 0 Å². The minimum atomic E-state index is 0.136. The van der Waals surface area contributed by atoms with Crippen LogP contribution in [0.5, 0.6) is 0 Å². The largest absolute Gasteiger partial charge is 0.375 e. The van der Waals surface area contributed by atoms with Crippen LogP contribution in [0.15, 0.2) is 0 Å². The second-order valence-electron chi connectivity index (χ2n) is 5.78. The van der Waals surface area contributed by atoms with E-state index in [1.165, 1.54) is 32.1 Å². The van der Waals surface area contributed by atoms with Crippen LogP contribution >= 0.6 is 0 Å². The minimum absolute atomic E-state index is 0.136. The Morgan fingerprint density at radius 2 is 2.07 bits per heavy atom. The van der Waals surface area contributed by atoms with Crippen LogP contribution in [0.1, 0.15) is 52.9 Å². The smallest absolute Gasteiger partial charge is 0.0722 e. The van der Waals surface area contributed by atoms with Crippen LogP contribution in [0.3, 0.4) is 0 Å². The standard InChI is InChI=1S/C13H25NO/c1-4-8-14-11-5-9-15-13(3,10-11)12(2)6-7-12/h11,14H,4-10H2,1-3H3. The van der Waals surface area contributed by atoms with E-state index < -0.39 is 0 Å². The molecule has 0 aromatic heterocycles. The first-order valence-electron chi connectivity index (χ1n) is 6.47. The van der Waals surface area contributed by atoms with Gasteiger partial charge >= 0.3 is 0 Å². The fourth-order valence-corrected chi connectivity index (χ4v) is 2.72. The topological polar surface area (TPSA) is 21.3 Å². The maximum absolute atomic E-state index is 6.06. The average molecular weight is 211 g/mol. The molecule has 0 bridgehead atoms. The lowest BCUT2D eigenvalue weighted by Gasteiger charge is -2.43. The molecule has 2 aliphatic rings. The van der Waals surface area contributed by atoms with Crippen LogP contribution < -0.4 is 5.32 Å². The van der Waals surface area contributed by atoms with Crippen LogP contribution in [-0.4, -0.2) is 24.8 Å². The summed E-state index contributed by atoms with van der Waals surface area (Å²) < 4.78 is 6.06. The molecule has 0 amide bonds. The van der Waals surface area contributed by atoms with Crippen molar-refractivity contribution in [2.75, 3.05) is 13.2 Å². The van der Waals surface area contributed by atoms with Gasteiger partial charge < -0.3 is 10.1 Å². The van der Waals surface area contributed by atoms with Crippen molar-refractivity contribution in [2.45, 2.75) is 64.5 Å². The van der Waals surface area contributed by atoms with Gasteiger partial charge in [-0.2, -0.15) is 0 Å². The van der Waals surface area contributed by atoms with Gasteiger partial charge in [0, 0.05) is 12.6 Å². The Morgan fingerprint density at radius 1 is 1.33 bits per heavy atom. The van der Waals surface area contributed by atoms with E-state index in [1.54, 1.807) is 0 Å². The molecule has 2 atom stereocenters. The zero-order chi connectivity index (χ0) is 10.9. The molecule has 1 heterocycles.